The highest BCUT2D eigenvalue weighted by molar-refractivity contribution is 6.32. The summed E-state index contributed by atoms with van der Waals surface area (Å²) in [6, 6.07) is 13.7. The fourth-order valence-electron chi connectivity index (χ4n) is 3.92. The number of carbonyl (C=O) groups is 1. The van der Waals surface area contributed by atoms with Gasteiger partial charge < -0.3 is 14.4 Å². The average molecular weight is 410 g/mol. The molecule has 5 rings (SSSR count). The van der Waals surface area contributed by atoms with E-state index >= 15 is 0 Å². The highest BCUT2D eigenvalue weighted by Gasteiger charge is 2.26. The monoisotopic (exact) mass is 409 g/mol. The van der Waals surface area contributed by atoms with Crippen molar-refractivity contribution < 1.29 is 14.3 Å². The zero-order chi connectivity index (χ0) is 19.8. The summed E-state index contributed by atoms with van der Waals surface area (Å²) in [6.07, 6.45) is 1.83. The third-order valence-electron chi connectivity index (χ3n) is 5.44. The minimum atomic E-state index is -0.0309. The molecule has 0 unspecified atom stereocenters. The van der Waals surface area contributed by atoms with Crippen molar-refractivity contribution in [2.45, 2.75) is 6.54 Å². The fraction of sp³-hybridized carbons (Fsp3) is 0.273. The first-order valence-electron chi connectivity index (χ1n) is 9.62. The Labute approximate surface area is 173 Å². The zero-order valence-electron chi connectivity index (χ0n) is 15.8. The average Bonchev–Trinajstić information content (AvgIpc) is 3.23. The highest BCUT2D eigenvalue weighted by atomic mass is 35.5. The summed E-state index contributed by atoms with van der Waals surface area (Å²) in [5, 5.41) is 1.56. The van der Waals surface area contributed by atoms with E-state index in [-0.39, 0.29) is 12.7 Å². The lowest BCUT2D eigenvalue weighted by molar-refractivity contribution is 0.0628. The van der Waals surface area contributed by atoms with Gasteiger partial charge in [0.25, 0.3) is 5.91 Å². The summed E-state index contributed by atoms with van der Waals surface area (Å²) >= 11 is 6.23. The van der Waals surface area contributed by atoms with Crippen LogP contribution in [0.1, 0.15) is 15.9 Å². The Morgan fingerprint density at radius 1 is 1.07 bits per heavy atom. The van der Waals surface area contributed by atoms with Gasteiger partial charge in [0.05, 0.1) is 10.5 Å². The molecule has 0 atom stereocenters. The number of carbonyl (C=O) groups excluding carboxylic acids is 1. The number of hydrogen-bond donors (Lipinski definition) is 0. The number of para-hydroxylation sites is 1. The van der Waals surface area contributed by atoms with Crippen LogP contribution in [0.4, 0.5) is 0 Å². The van der Waals surface area contributed by atoms with Crippen LogP contribution in [-0.4, -0.2) is 53.7 Å². The number of amides is 1. The molecule has 1 amide bonds. The third kappa shape index (κ3) is 3.50. The molecule has 1 aromatic heterocycles. The van der Waals surface area contributed by atoms with Gasteiger partial charge in [-0.2, -0.15) is 0 Å². The zero-order valence-corrected chi connectivity index (χ0v) is 16.6. The van der Waals surface area contributed by atoms with Crippen molar-refractivity contribution in [2.24, 2.45) is 0 Å². The van der Waals surface area contributed by atoms with E-state index in [1.54, 1.807) is 12.1 Å². The van der Waals surface area contributed by atoms with Crippen LogP contribution in [0.3, 0.4) is 0 Å². The van der Waals surface area contributed by atoms with Crippen LogP contribution in [0.25, 0.3) is 10.9 Å². The maximum Gasteiger partial charge on any atom is 0.254 e. The van der Waals surface area contributed by atoms with Gasteiger partial charge in [-0.25, -0.2) is 0 Å². The third-order valence-corrected chi connectivity index (χ3v) is 5.72. The van der Waals surface area contributed by atoms with E-state index < -0.39 is 0 Å². The SMILES string of the molecule is O=C(c1cc(Cl)c2c(c1)OCO2)N1CCN(Cc2cccc3cccnc23)CC1. The normalized spacial score (nSPS) is 16.4. The number of halogens is 1. The van der Waals surface area contributed by atoms with E-state index in [2.05, 4.69) is 34.1 Å². The smallest absolute Gasteiger partial charge is 0.254 e. The van der Waals surface area contributed by atoms with Crippen molar-refractivity contribution in [1.82, 2.24) is 14.8 Å². The van der Waals surface area contributed by atoms with E-state index in [9.17, 15) is 4.79 Å². The van der Waals surface area contributed by atoms with E-state index in [4.69, 9.17) is 21.1 Å². The number of piperazine rings is 1. The lowest BCUT2D eigenvalue weighted by Crippen LogP contribution is -2.48. The van der Waals surface area contributed by atoms with Crippen LogP contribution >= 0.6 is 11.6 Å². The molecular formula is C22H20ClN3O3. The predicted molar refractivity (Wildman–Crippen MR) is 110 cm³/mol. The van der Waals surface area contributed by atoms with Gasteiger partial charge in [0, 0.05) is 49.9 Å². The van der Waals surface area contributed by atoms with E-state index in [0.717, 1.165) is 30.5 Å². The van der Waals surface area contributed by atoms with Crippen LogP contribution in [-0.2, 0) is 6.54 Å². The first-order chi connectivity index (χ1) is 14.2. The molecule has 0 saturated carbocycles. The molecule has 0 radical (unpaired) electrons. The second-order valence-electron chi connectivity index (χ2n) is 7.25. The number of aromatic nitrogens is 1. The largest absolute Gasteiger partial charge is 0.454 e. The van der Waals surface area contributed by atoms with Gasteiger partial charge in [-0.05, 0) is 23.8 Å². The van der Waals surface area contributed by atoms with E-state index in [0.29, 0.717) is 35.2 Å². The Bertz CT molecular complexity index is 1070. The minimum absolute atomic E-state index is 0.0309. The van der Waals surface area contributed by atoms with Gasteiger partial charge in [-0.15, -0.1) is 0 Å². The van der Waals surface area contributed by atoms with Crippen LogP contribution in [0.15, 0.2) is 48.7 Å². The summed E-state index contributed by atoms with van der Waals surface area (Å²) in [6.45, 7) is 3.92. The molecule has 2 aliphatic rings. The molecule has 148 valence electrons. The Hall–Kier alpha value is -2.83. The van der Waals surface area contributed by atoms with Crippen molar-refractivity contribution in [3.63, 3.8) is 0 Å². The molecule has 1 fully saturated rings. The van der Waals surface area contributed by atoms with Crippen molar-refractivity contribution in [2.75, 3.05) is 33.0 Å². The van der Waals surface area contributed by atoms with Gasteiger partial charge in [0.1, 0.15) is 0 Å². The number of pyridine rings is 1. The summed E-state index contributed by atoms with van der Waals surface area (Å²) in [5.74, 6) is 1.01. The summed E-state index contributed by atoms with van der Waals surface area (Å²) < 4.78 is 10.7. The number of rotatable bonds is 3. The number of nitrogens with zero attached hydrogens (tertiary/aromatic N) is 3. The van der Waals surface area contributed by atoms with Gasteiger partial charge >= 0.3 is 0 Å². The number of ether oxygens (including phenoxy) is 2. The first kappa shape index (κ1) is 18.2. The summed E-state index contributed by atoms with van der Waals surface area (Å²) in [5.41, 5.74) is 2.79. The van der Waals surface area contributed by atoms with Crippen LogP contribution in [0, 0.1) is 0 Å². The standard InChI is InChI=1S/C22H20ClN3O3/c23-18-11-17(12-19-21(18)29-14-28-19)22(27)26-9-7-25(8-10-26)13-16-4-1-3-15-5-2-6-24-20(15)16/h1-6,11-12H,7-10,13-14H2. The van der Waals surface area contributed by atoms with Gasteiger partial charge in [0.15, 0.2) is 11.5 Å². The number of benzene rings is 2. The second-order valence-corrected chi connectivity index (χ2v) is 7.66. The number of fused-ring (bicyclic) bond motifs is 2. The predicted octanol–water partition coefficient (Wildman–Crippen LogP) is 3.57. The second kappa shape index (κ2) is 7.54. The molecule has 0 bridgehead atoms. The summed E-state index contributed by atoms with van der Waals surface area (Å²) in [7, 11) is 0. The molecule has 3 heterocycles. The Morgan fingerprint density at radius 3 is 2.76 bits per heavy atom. The van der Waals surface area contributed by atoms with Gasteiger partial charge in [-0.1, -0.05) is 35.9 Å². The molecule has 7 heteroatoms. The molecule has 29 heavy (non-hydrogen) atoms. The topological polar surface area (TPSA) is 54.9 Å². The maximum atomic E-state index is 12.9. The molecule has 0 N–H and O–H groups in total. The Kier molecular flexibility index (Phi) is 4.73. The lowest BCUT2D eigenvalue weighted by atomic mass is 10.1. The van der Waals surface area contributed by atoms with Crippen molar-refractivity contribution in [1.29, 1.82) is 0 Å². The molecule has 2 aromatic carbocycles. The van der Waals surface area contributed by atoms with Gasteiger partial charge in [0.2, 0.25) is 6.79 Å². The first-order valence-corrected chi connectivity index (χ1v) is 10.0. The quantitative estimate of drug-likeness (QED) is 0.662. The lowest BCUT2D eigenvalue weighted by Gasteiger charge is -2.35. The molecule has 0 spiro atoms. The van der Waals surface area contributed by atoms with Crippen LogP contribution in [0.2, 0.25) is 5.02 Å². The van der Waals surface area contributed by atoms with E-state index in [1.165, 1.54) is 5.56 Å². The molecule has 3 aromatic rings. The molecule has 2 aliphatic heterocycles. The van der Waals surface area contributed by atoms with E-state index in [1.807, 2.05) is 17.2 Å². The molecule has 1 saturated heterocycles. The maximum absolute atomic E-state index is 12.9. The van der Waals surface area contributed by atoms with Crippen molar-refractivity contribution >= 4 is 28.4 Å². The number of hydrogen-bond acceptors (Lipinski definition) is 5. The minimum Gasteiger partial charge on any atom is -0.454 e. The van der Waals surface area contributed by atoms with Crippen molar-refractivity contribution in [3.05, 3.63) is 64.8 Å². The Balaban J connectivity index is 1.26. The van der Waals surface area contributed by atoms with Crippen LogP contribution < -0.4 is 9.47 Å². The summed E-state index contributed by atoms with van der Waals surface area (Å²) in [4.78, 5) is 21.7. The van der Waals surface area contributed by atoms with Gasteiger partial charge in [-0.3, -0.25) is 14.7 Å². The van der Waals surface area contributed by atoms with Crippen LogP contribution in [0.5, 0.6) is 11.5 Å². The molecule has 0 aliphatic carbocycles. The van der Waals surface area contributed by atoms with Crippen molar-refractivity contribution in [3.8, 4) is 11.5 Å². The Morgan fingerprint density at radius 2 is 1.90 bits per heavy atom. The molecule has 6 nitrogen and oxygen atoms in total. The highest BCUT2D eigenvalue weighted by Crippen LogP contribution is 2.40. The molecular weight excluding hydrogens is 390 g/mol. The fourth-order valence-corrected chi connectivity index (χ4v) is 4.18.